The number of ketones is 1. The van der Waals surface area contributed by atoms with Crippen LogP contribution in [0.3, 0.4) is 0 Å². The molecule has 0 bridgehead atoms. The van der Waals surface area contributed by atoms with Gasteiger partial charge in [0.25, 0.3) is 0 Å². The van der Waals surface area contributed by atoms with E-state index in [1.165, 1.54) is 20.3 Å². The molecule has 0 unspecified atom stereocenters. The number of furan rings is 1. The molecular weight excluding hydrogens is 296 g/mol. The zero-order valence-electron chi connectivity index (χ0n) is 12.8. The summed E-state index contributed by atoms with van der Waals surface area (Å²) in [6, 6.07) is 11.3. The Hall–Kier alpha value is -2.95. The summed E-state index contributed by atoms with van der Waals surface area (Å²) in [6.07, 6.45) is 1.46. The number of Topliss-reactive ketones (excluding diaryl/α,β-unsaturated/α-hetero) is 1. The Labute approximate surface area is 133 Å². The quantitative estimate of drug-likeness (QED) is 0.723. The average molecular weight is 312 g/mol. The van der Waals surface area contributed by atoms with Crippen LogP contribution in [0.2, 0.25) is 0 Å². The second-order valence-corrected chi connectivity index (χ2v) is 5.08. The molecule has 0 radical (unpaired) electrons. The summed E-state index contributed by atoms with van der Waals surface area (Å²) in [5.74, 6) is -0.164. The van der Waals surface area contributed by atoms with E-state index in [0.717, 1.165) is 5.56 Å². The fraction of sp³-hybridized carbons (Fsp3) is 0.167. The van der Waals surface area contributed by atoms with Gasteiger partial charge in [-0.15, -0.1) is 0 Å². The Balaban J connectivity index is 2.12. The highest BCUT2D eigenvalue weighted by molar-refractivity contribution is 6.08. The molecule has 0 aliphatic heterocycles. The number of phenolic OH excluding ortho intramolecular Hbond substituents is 1. The van der Waals surface area contributed by atoms with Crippen LogP contribution in [0.4, 0.5) is 0 Å². The van der Waals surface area contributed by atoms with Crippen LogP contribution in [0.5, 0.6) is 17.2 Å². The van der Waals surface area contributed by atoms with E-state index in [9.17, 15) is 9.90 Å². The molecule has 1 aromatic heterocycles. The van der Waals surface area contributed by atoms with Crippen LogP contribution in [0.1, 0.15) is 22.8 Å². The van der Waals surface area contributed by atoms with Crippen molar-refractivity contribution in [2.75, 3.05) is 7.11 Å². The smallest absolute Gasteiger partial charge is 0.205 e. The molecule has 0 aliphatic rings. The predicted octanol–water partition coefficient (Wildman–Crippen LogP) is 3.93. The summed E-state index contributed by atoms with van der Waals surface area (Å²) in [4.78, 5) is 12.0. The number of aromatic hydroxyl groups is 1. The van der Waals surface area contributed by atoms with Crippen molar-refractivity contribution < 1.29 is 23.8 Å². The molecule has 2 aromatic carbocycles. The number of hydrogen-bond donors (Lipinski definition) is 1. The van der Waals surface area contributed by atoms with Crippen LogP contribution in [0.25, 0.3) is 11.0 Å². The van der Waals surface area contributed by atoms with Crippen molar-refractivity contribution >= 4 is 16.8 Å². The molecule has 118 valence electrons. The second kappa shape index (κ2) is 6.04. The van der Waals surface area contributed by atoms with E-state index in [1.54, 1.807) is 6.07 Å². The minimum Gasteiger partial charge on any atom is -0.504 e. The lowest BCUT2D eigenvalue weighted by atomic mass is 10.0. The monoisotopic (exact) mass is 312 g/mol. The van der Waals surface area contributed by atoms with Crippen molar-refractivity contribution in [1.82, 2.24) is 0 Å². The number of hydrogen-bond acceptors (Lipinski definition) is 5. The third-order valence-corrected chi connectivity index (χ3v) is 3.58. The Morgan fingerprint density at radius 1 is 1.17 bits per heavy atom. The number of fused-ring (bicyclic) bond motifs is 1. The maximum Gasteiger partial charge on any atom is 0.205 e. The average Bonchev–Trinajstić information content (AvgIpc) is 3.02. The second-order valence-electron chi connectivity index (χ2n) is 5.08. The molecule has 0 saturated heterocycles. The Morgan fingerprint density at radius 3 is 2.57 bits per heavy atom. The maximum atomic E-state index is 12.0. The molecule has 0 amide bonds. The number of carbonyl (C=O) groups is 1. The van der Waals surface area contributed by atoms with Crippen LogP contribution < -0.4 is 9.47 Å². The topological polar surface area (TPSA) is 68.9 Å². The third kappa shape index (κ3) is 2.61. The van der Waals surface area contributed by atoms with E-state index in [-0.39, 0.29) is 29.5 Å². The van der Waals surface area contributed by atoms with Crippen LogP contribution in [0.15, 0.2) is 47.1 Å². The summed E-state index contributed by atoms with van der Waals surface area (Å²) < 4.78 is 16.4. The summed E-state index contributed by atoms with van der Waals surface area (Å²) in [6.45, 7) is 1.64. The molecule has 23 heavy (non-hydrogen) atoms. The molecular formula is C18H16O5. The van der Waals surface area contributed by atoms with Gasteiger partial charge in [0.15, 0.2) is 17.1 Å². The summed E-state index contributed by atoms with van der Waals surface area (Å²) in [7, 11) is 1.41. The van der Waals surface area contributed by atoms with E-state index < -0.39 is 0 Å². The molecule has 0 fully saturated rings. The zero-order valence-corrected chi connectivity index (χ0v) is 12.8. The first-order chi connectivity index (χ1) is 11.1. The molecule has 3 aromatic rings. The minimum atomic E-state index is -0.313. The van der Waals surface area contributed by atoms with Crippen LogP contribution >= 0.6 is 0 Å². The Bertz CT molecular complexity index is 849. The van der Waals surface area contributed by atoms with Gasteiger partial charge in [-0.1, -0.05) is 30.3 Å². The lowest BCUT2D eigenvalue weighted by Crippen LogP contribution is -2.04. The van der Waals surface area contributed by atoms with Crippen LogP contribution in [0, 0.1) is 0 Å². The molecule has 0 aliphatic carbocycles. The SMILES string of the molecule is COc1c(O)c(C(C)=O)c(OCc2ccccc2)c2ccoc12. The molecule has 0 saturated carbocycles. The largest absolute Gasteiger partial charge is 0.504 e. The van der Waals surface area contributed by atoms with Crippen molar-refractivity contribution in [3.63, 3.8) is 0 Å². The number of benzene rings is 2. The number of rotatable bonds is 5. The predicted molar refractivity (Wildman–Crippen MR) is 85.2 cm³/mol. The lowest BCUT2D eigenvalue weighted by Gasteiger charge is -2.15. The van der Waals surface area contributed by atoms with E-state index >= 15 is 0 Å². The summed E-state index contributed by atoms with van der Waals surface area (Å²) in [5, 5.41) is 11.0. The highest BCUT2D eigenvalue weighted by Crippen LogP contribution is 2.46. The molecule has 1 N–H and O–H groups in total. The van der Waals surface area contributed by atoms with Crippen molar-refractivity contribution in [3.8, 4) is 17.2 Å². The van der Waals surface area contributed by atoms with Crippen LogP contribution in [-0.4, -0.2) is 18.0 Å². The van der Waals surface area contributed by atoms with Crippen molar-refractivity contribution in [2.45, 2.75) is 13.5 Å². The highest BCUT2D eigenvalue weighted by Gasteiger charge is 2.25. The van der Waals surface area contributed by atoms with Crippen molar-refractivity contribution in [1.29, 1.82) is 0 Å². The number of ether oxygens (including phenoxy) is 2. The van der Waals surface area contributed by atoms with Gasteiger partial charge in [0.2, 0.25) is 5.75 Å². The first-order valence-corrected chi connectivity index (χ1v) is 7.11. The van der Waals surface area contributed by atoms with Gasteiger partial charge in [-0.25, -0.2) is 0 Å². The molecule has 0 spiro atoms. The number of methoxy groups -OCH3 is 1. The van der Waals surface area contributed by atoms with Gasteiger partial charge in [-0.2, -0.15) is 0 Å². The van der Waals surface area contributed by atoms with E-state index in [2.05, 4.69) is 0 Å². The van der Waals surface area contributed by atoms with E-state index in [0.29, 0.717) is 16.7 Å². The Kier molecular flexibility index (Phi) is 3.93. The zero-order chi connectivity index (χ0) is 16.4. The van der Waals surface area contributed by atoms with Crippen molar-refractivity contribution in [2.24, 2.45) is 0 Å². The standard InChI is InChI=1S/C18H16O5/c1-11(19)14-15(20)18(21-2)17-13(8-9-22-17)16(14)23-10-12-6-4-3-5-7-12/h3-9,20H,10H2,1-2H3. The van der Waals surface area contributed by atoms with Gasteiger partial charge in [0.05, 0.1) is 18.8 Å². The minimum absolute atomic E-state index is 0.0895. The fourth-order valence-corrected chi connectivity index (χ4v) is 2.52. The van der Waals surface area contributed by atoms with Gasteiger partial charge in [-0.05, 0) is 18.6 Å². The molecule has 0 atom stereocenters. The summed E-state index contributed by atoms with van der Waals surface area (Å²) >= 11 is 0. The number of carbonyl (C=O) groups excluding carboxylic acids is 1. The van der Waals surface area contributed by atoms with Gasteiger partial charge in [0, 0.05) is 0 Å². The number of phenols is 1. The Morgan fingerprint density at radius 2 is 1.91 bits per heavy atom. The van der Waals surface area contributed by atoms with Gasteiger partial charge in [-0.3, -0.25) is 4.79 Å². The van der Waals surface area contributed by atoms with E-state index in [1.807, 2.05) is 30.3 Å². The molecule has 5 nitrogen and oxygen atoms in total. The lowest BCUT2D eigenvalue weighted by molar-refractivity contribution is 0.101. The first kappa shape index (κ1) is 15.0. The first-order valence-electron chi connectivity index (χ1n) is 7.11. The van der Waals surface area contributed by atoms with Crippen molar-refractivity contribution in [3.05, 3.63) is 53.8 Å². The molecule has 5 heteroatoms. The maximum absolute atomic E-state index is 12.0. The summed E-state index contributed by atoms with van der Waals surface area (Å²) in [5.41, 5.74) is 1.39. The van der Waals surface area contributed by atoms with Gasteiger partial charge >= 0.3 is 0 Å². The van der Waals surface area contributed by atoms with E-state index in [4.69, 9.17) is 13.9 Å². The fourth-order valence-electron chi connectivity index (χ4n) is 2.52. The van der Waals surface area contributed by atoms with Crippen LogP contribution in [-0.2, 0) is 6.61 Å². The third-order valence-electron chi connectivity index (χ3n) is 3.58. The highest BCUT2D eigenvalue weighted by atomic mass is 16.5. The van der Waals surface area contributed by atoms with Gasteiger partial charge in [0.1, 0.15) is 17.9 Å². The van der Waals surface area contributed by atoms with Gasteiger partial charge < -0.3 is 19.0 Å². The molecule has 1 heterocycles. The molecule has 3 rings (SSSR count). The normalized spacial score (nSPS) is 10.7.